The smallest absolute Gasteiger partial charge is 0.269 e. The second-order valence-corrected chi connectivity index (χ2v) is 7.41. The summed E-state index contributed by atoms with van der Waals surface area (Å²) in [6.07, 6.45) is 1.40. The number of fused-ring (bicyclic) bond motifs is 2. The quantitative estimate of drug-likeness (QED) is 0.365. The van der Waals surface area contributed by atoms with E-state index < -0.39 is 11.0 Å². The predicted molar refractivity (Wildman–Crippen MR) is 117 cm³/mol. The molecule has 3 aromatic rings. The summed E-state index contributed by atoms with van der Waals surface area (Å²) in [4.78, 5) is 21.4. The van der Waals surface area contributed by atoms with Crippen LogP contribution >= 0.6 is 11.6 Å². The van der Waals surface area contributed by atoms with Crippen molar-refractivity contribution in [1.82, 2.24) is 9.97 Å². The van der Waals surface area contributed by atoms with Crippen LogP contribution in [0, 0.1) is 10.1 Å². The highest BCUT2D eigenvalue weighted by molar-refractivity contribution is 6.32. The number of non-ortho nitro benzene ring substituents is 1. The number of ether oxygens (including phenoxy) is 2. The van der Waals surface area contributed by atoms with E-state index in [0.717, 1.165) is 11.1 Å². The molecule has 1 aromatic heterocycles. The number of rotatable bonds is 4. The molecule has 9 nitrogen and oxygen atoms in total. The van der Waals surface area contributed by atoms with Crippen LogP contribution in [-0.4, -0.2) is 36.2 Å². The van der Waals surface area contributed by atoms with E-state index in [1.54, 1.807) is 26.4 Å². The van der Waals surface area contributed by atoms with Gasteiger partial charge in [0.25, 0.3) is 5.69 Å². The first-order valence-electron chi connectivity index (χ1n) is 9.40. The highest BCUT2D eigenvalue weighted by atomic mass is 35.5. The average molecular weight is 442 g/mol. The standard InChI is InChI=1S/C21H20ClN5O4/c1-26-10-13-8-15(30-2)9-16(31-3)17(13)18(12-5-4-6-14(7-12)27(28)29)25-19-20(22)23-11-24-21(19)26/h4-9,11,18,25H,10H2,1-3H3. The highest BCUT2D eigenvalue weighted by Gasteiger charge is 2.30. The largest absolute Gasteiger partial charge is 0.497 e. The van der Waals surface area contributed by atoms with E-state index in [-0.39, 0.29) is 10.8 Å². The molecule has 10 heteroatoms. The maximum Gasteiger partial charge on any atom is 0.269 e. The average Bonchev–Trinajstić information content (AvgIpc) is 2.77. The molecule has 0 spiro atoms. The topological polar surface area (TPSA) is 103 Å². The molecule has 160 valence electrons. The summed E-state index contributed by atoms with van der Waals surface area (Å²) in [6, 6.07) is 9.67. The fourth-order valence-electron chi connectivity index (χ4n) is 3.79. The summed E-state index contributed by atoms with van der Waals surface area (Å²) in [5.74, 6) is 1.84. The fraction of sp³-hybridized carbons (Fsp3) is 0.238. The van der Waals surface area contributed by atoms with Gasteiger partial charge in [-0.15, -0.1) is 0 Å². The number of halogens is 1. The molecule has 2 aromatic carbocycles. The van der Waals surface area contributed by atoms with Gasteiger partial charge in [0.15, 0.2) is 11.0 Å². The number of nitrogens with one attached hydrogen (secondary N) is 1. The third kappa shape index (κ3) is 3.79. The molecule has 2 heterocycles. The van der Waals surface area contributed by atoms with Gasteiger partial charge >= 0.3 is 0 Å². The van der Waals surface area contributed by atoms with E-state index in [9.17, 15) is 10.1 Å². The molecule has 0 saturated carbocycles. The number of hydrogen-bond acceptors (Lipinski definition) is 8. The first kappa shape index (κ1) is 20.7. The van der Waals surface area contributed by atoms with Gasteiger partial charge < -0.3 is 19.7 Å². The summed E-state index contributed by atoms with van der Waals surface area (Å²) in [7, 11) is 5.06. The Kier molecular flexibility index (Phi) is 5.51. The number of nitrogens with zero attached hydrogens (tertiary/aromatic N) is 4. The Morgan fingerprint density at radius 2 is 2.03 bits per heavy atom. The Labute approximate surface area is 183 Å². The Bertz CT molecular complexity index is 1160. The summed E-state index contributed by atoms with van der Waals surface area (Å²) >= 11 is 6.42. The van der Waals surface area contributed by atoms with Crippen LogP contribution in [0.1, 0.15) is 22.7 Å². The summed E-state index contributed by atoms with van der Waals surface area (Å²) in [6.45, 7) is 0.482. The minimum Gasteiger partial charge on any atom is -0.497 e. The number of aromatic nitrogens is 2. The van der Waals surface area contributed by atoms with Gasteiger partial charge in [0, 0.05) is 37.4 Å². The van der Waals surface area contributed by atoms with Crippen LogP contribution in [0.2, 0.25) is 5.15 Å². The van der Waals surface area contributed by atoms with Crippen molar-refractivity contribution in [2.24, 2.45) is 0 Å². The molecule has 0 radical (unpaired) electrons. The first-order chi connectivity index (χ1) is 14.9. The molecule has 1 atom stereocenters. The number of anilines is 2. The molecular weight excluding hydrogens is 422 g/mol. The van der Waals surface area contributed by atoms with Gasteiger partial charge in [0.2, 0.25) is 0 Å². The van der Waals surface area contributed by atoms with Gasteiger partial charge in [0.05, 0.1) is 25.2 Å². The van der Waals surface area contributed by atoms with Crippen molar-refractivity contribution in [1.29, 1.82) is 0 Å². The van der Waals surface area contributed by atoms with Crippen LogP contribution in [0.4, 0.5) is 17.2 Å². The van der Waals surface area contributed by atoms with Crippen molar-refractivity contribution >= 4 is 28.8 Å². The molecule has 1 unspecified atom stereocenters. The Morgan fingerprint density at radius 3 is 2.74 bits per heavy atom. The second kappa shape index (κ2) is 8.27. The van der Waals surface area contributed by atoms with Crippen LogP contribution in [0.5, 0.6) is 11.5 Å². The van der Waals surface area contributed by atoms with Crippen molar-refractivity contribution in [2.75, 3.05) is 31.5 Å². The van der Waals surface area contributed by atoms with Gasteiger partial charge in [0.1, 0.15) is 23.5 Å². The zero-order chi connectivity index (χ0) is 22.1. The van der Waals surface area contributed by atoms with Gasteiger partial charge in [-0.25, -0.2) is 9.97 Å². The summed E-state index contributed by atoms with van der Waals surface area (Å²) in [5.41, 5.74) is 2.94. The van der Waals surface area contributed by atoms with Crippen LogP contribution < -0.4 is 19.7 Å². The Morgan fingerprint density at radius 1 is 1.23 bits per heavy atom. The lowest BCUT2D eigenvalue weighted by atomic mass is 9.91. The number of benzene rings is 2. The third-order valence-corrected chi connectivity index (χ3v) is 5.49. The van der Waals surface area contributed by atoms with Gasteiger partial charge in [-0.05, 0) is 17.2 Å². The maximum absolute atomic E-state index is 11.4. The highest BCUT2D eigenvalue weighted by Crippen LogP contribution is 2.44. The van der Waals surface area contributed by atoms with E-state index in [2.05, 4.69) is 15.3 Å². The van der Waals surface area contributed by atoms with E-state index in [4.69, 9.17) is 21.1 Å². The zero-order valence-electron chi connectivity index (χ0n) is 17.1. The van der Waals surface area contributed by atoms with Gasteiger partial charge in [-0.2, -0.15) is 0 Å². The lowest BCUT2D eigenvalue weighted by Gasteiger charge is -2.32. The molecule has 1 N–H and O–H groups in total. The number of nitro benzene ring substituents is 1. The molecule has 1 aliphatic rings. The number of nitro groups is 1. The van der Waals surface area contributed by atoms with Crippen LogP contribution in [-0.2, 0) is 6.54 Å². The molecule has 0 bridgehead atoms. The number of hydrogen-bond donors (Lipinski definition) is 1. The minimum absolute atomic E-state index is 0.0110. The lowest BCUT2D eigenvalue weighted by Crippen LogP contribution is -2.27. The molecule has 0 saturated heterocycles. The van der Waals surface area contributed by atoms with Crippen LogP contribution in [0.15, 0.2) is 42.7 Å². The maximum atomic E-state index is 11.4. The van der Waals surface area contributed by atoms with Crippen molar-refractivity contribution in [3.05, 3.63) is 74.7 Å². The van der Waals surface area contributed by atoms with Crippen molar-refractivity contribution in [3.8, 4) is 11.5 Å². The van der Waals surface area contributed by atoms with Gasteiger partial charge in [-0.1, -0.05) is 23.7 Å². The SMILES string of the molecule is COc1cc2c(c(OC)c1)C(c1cccc([N+](=O)[O-])c1)Nc1c(Cl)ncnc1N(C)C2. The molecule has 1 aliphatic heterocycles. The predicted octanol–water partition coefficient (Wildman–Crippen LogP) is 4.21. The fourth-order valence-corrected chi connectivity index (χ4v) is 3.97. The van der Waals surface area contributed by atoms with E-state index in [1.807, 2.05) is 24.1 Å². The first-order valence-corrected chi connectivity index (χ1v) is 9.78. The van der Waals surface area contributed by atoms with E-state index in [1.165, 1.54) is 18.5 Å². The molecule has 0 amide bonds. The number of methoxy groups -OCH3 is 2. The Hall–Kier alpha value is -3.59. The molecular formula is C21H20ClN5O4. The van der Waals surface area contributed by atoms with Crippen molar-refractivity contribution in [2.45, 2.75) is 12.6 Å². The normalized spacial score (nSPS) is 15.1. The molecule has 0 aliphatic carbocycles. The van der Waals surface area contributed by atoms with Gasteiger partial charge in [-0.3, -0.25) is 10.1 Å². The third-order valence-electron chi connectivity index (χ3n) is 5.20. The Balaban J connectivity index is 1.99. The minimum atomic E-state index is -0.508. The molecule has 4 rings (SSSR count). The second-order valence-electron chi connectivity index (χ2n) is 7.05. The van der Waals surface area contributed by atoms with E-state index in [0.29, 0.717) is 35.1 Å². The van der Waals surface area contributed by atoms with Crippen LogP contribution in [0.3, 0.4) is 0 Å². The summed E-state index contributed by atoms with van der Waals surface area (Å²) < 4.78 is 11.2. The molecule has 31 heavy (non-hydrogen) atoms. The zero-order valence-corrected chi connectivity index (χ0v) is 17.9. The van der Waals surface area contributed by atoms with Crippen molar-refractivity contribution in [3.63, 3.8) is 0 Å². The monoisotopic (exact) mass is 441 g/mol. The lowest BCUT2D eigenvalue weighted by molar-refractivity contribution is -0.384. The molecule has 0 fully saturated rings. The van der Waals surface area contributed by atoms with Crippen LogP contribution in [0.25, 0.3) is 0 Å². The summed E-state index contributed by atoms with van der Waals surface area (Å²) in [5, 5.41) is 15.1. The van der Waals surface area contributed by atoms with Crippen molar-refractivity contribution < 1.29 is 14.4 Å². The van der Waals surface area contributed by atoms with E-state index >= 15 is 0 Å².